The number of halogens is 2. The molecule has 0 spiro atoms. The second kappa shape index (κ2) is 6.35. The van der Waals surface area contributed by atoms with Gasteiger partial charge in [-0.2, -0.15) is 0 Å². The van der Waals surface area contributed by atoms with E-state index >= 15 is 0 Å². The van der Waals surface area contributed by atoms with Gasteiger partial charge in [0, 0.05) is 10.7 Å². The molecule has 0 fully saturated rings. The first kappa shape index (κ1) is 16.3. The Hall–Kier alpha value is -1.92. The zero-order valence-electron chi connectivity index (χ0n) is 13.7. The summed E-state index contributed by atoms with van der Waals surface area (Å²) >= 11 is 7.31. The summed E-state index contributed by atoms with van der Waals surface area (Å²) in [6, 6.07) is 12.4. The highest BCUT2D eigenvalue weighted by atomic mass is 79.9. The quantitative estimate of drug-likeness (QED) is 0.450. The number of fused-ring (bicyclic) bond motifs is 3. The second-order valence-corrected chi connectivity index (χ2v) is 7.27. The predicted octanol–water partition coefficient (Wildman–Crippen LogP) is 5.75. The summed E-state index contributed by atoms with van der Waals surface area (Å²) in [5, 5.41) is 3.78. The maximum absolute atomic E-state index is 5.61. The molecule has 0 aromatic heterocycles. The lowest BCUT2D eigenvalue weighted by Crippen LogP contribution is -1.96. The van der Waals surface area contributed by atoms with Crippen LogP contribution in [0.2, 0.25) is 0 Å². The minimum absolute atomic E-state index is 0.265. The Bertz CT molecular complexity index is 1030. The van der Waals surface area contributed by atoms with Crippen LogP contribution >= 0.6 is 31.9 Å². The zero-order chi connectivity index (χ0) is 17.7. The summed E-state index contributed by atoms with van der Waals surface area (Å²) in [5.41, 5.74) is 4.74. The van der Waals surface area contributed by atoms with Crippen molar-refractivity contribution in [3.05, 3.63) is 47.5 Å². The maximum Gasteiger partial charge on any atom is 0.231 e. The molecule has 2 aliphatic heterocycles. The van der Waals surface area contributed by atoms with Crippen LogP contribution in [0.4, 0.5) is 0 Å². The van der Waals surface area contributed by atoms with Gasteiger partial charge in [0.05, 0.1) is 0 Å². The summed E-state index contributed by atoms with van der Waals surface area (Å²) in [5.74, 6) is 3.14. The van der Waals surface area contributed by atoms with Crippen LogP contribution in [0.25, 0.3) is 21.9 Å². The Morgan fingerprint density at radius 3 is 2.15 bits per heavy atom. The van der Waals surface area contributed by atoms with E-state index in [0.29, 0.717) is 0 Å². The predicted molar refractivity (Wildman–Crippen MR) is 107 cm³/mol. The van der Waals surface area contributed by atoms with Gasteiger partial charge in [-0.3, -0.25) is 0 Å². The lowest BCUT2D eigenvalue weighted by molar-refractivity contribution is 0.173. The highest BCUT2D eigenvalue weighted by Crippen LogP contribution is 2.45. The van der Waals surface area contributed by atoms with Crippen molar-refractivity contribution in [3.63, 3.8) is 0 Å². The molecule has 26 heavy (non-hydrogen) atoms. The fourth-order valence-electron chi connectivity index (χ4n) is 3.55. The third kappa shape index (κ3) is 2.47. The first-order chi connectivity index (χ1) is 12.8. The molecule has 5 rings (SSSR count). The van der Waals surface area contributed by atoms with Crippen molar-refractivity contribution in [2.45, 2.75) is 10.7 Å². The third-order valence-electron chi connectivity index (χ3n) is 4.77. The molecule has 0 amide bonds. The Labute approximate surface area is 167 Å². The molecule has 0 saturated carbocycles. The second-order valence-electron chi connectivity index (χ2n) is 6.15. The Morgan fingerprint density at radius 2 is 1.42 bits per heavy atom. The molecule has 2 aliphatic rings. The topological polar surface area (TPSA) is 36.9 Å². The van der Waals surface area contributed by atoms with Gasteiger partial charge in [0.25, 0.3) is 0 Å². The Morgan fingerprint density at radius 1 is 0.731 bits per heavy atom. The van der Waals surface area contributed by atoms with Gasteiger partial charge in [0.15, 0.2) is 23.0 Å². The molecule has 6 heteroatoms. The highest BCUT2D eigenvalue weighted by Gasteiger charge is 2.21. The highest BCUT2D eigenvalue weighted by molar-refractivity contribution is 9.09. The third-order valence-corrected chi connectivity index (χ3v) is 5.94. The average Bonchev–Trinajstić information content (AvgIpc) is 3.32. The first-order valence-corrected chi connectivity index (χ1v) is 10.4. The monoisotopic (exact) mass is 476 g/mol. The van der Waals surface area contributed by atoms with Crippen LogP contribution in [0, 0.1) is 0 Å². The van der Waals surface area contributed by atoms with Gasteiger partial charge < -0.3 is 18.9 Å². The van der Waals surface area contributed by atoms with Gasteiger partial charge in [0.2, 0.25) is 13.6 Å². The SMILES string of the molecule is BrCc1cc2cc3c(cc2c(-c2ccc4c(c2)OCO4)c1CBr)OCO3. The van der Waals surface area contributed by atoms with E-state index in [1.165, 1.54) is 16.7 Å². The minimum Gasteiger partial charge on any atom is -0.454 e. The van der Waals surface area contributed by atoms with Gasteiger partial charge in [-0.05, 0) is 63.4 Å². The molecule has 0 bridgehead atoms. The number of ether oxygens (including phenoxy) is 4. The molecule has 3 aromatic carbocycles. The summed E-state index contributed by atoms with van der Waals surface area (Å²) in [6.45, 7) is 0.534. The molecule has 0 unspecified atom stereocenters. The average molecular weight is 478 g/mol. The van der Waals surface area contributed by atoms with Crippen molar-refractivity contribution in [2.24, 2.45) is 0 Å². The molecule has 0 saturated heterocycles. The van der Waals surface area contributed by atoms with Gasteiger partial charge >= 0.3 is 0 Å². The maximum atomic E-state index is 5.61. The molecule has 0 aliphatic carbocycles. The number of alkyl halides is 2. The fourth-order valence-corrected chi connectivity index (χ4v) is 4.69. The molecular formula is C20H14Br2O4. The molecule has 3 aromatic rings. The summed E-state index contributed by atoms with van der Waals surface area (Å²) < 4.78 is 22.2. The normalized spacial score (nSPS) is 14.2. The van der Waals surface area contributed by atoms with Crippen LogP contribution in [0.3, 0.4) is 0 Å². The summed E-state index contributed by atoms with van der Waals surface area (Å²) in [6.07, 6.45) is 0. The van der Waals surface area contributed by atoms with E-state index in [0.717, 1.165) is 50.0 Å². The van der Waals surface area contributed by atoms with Crippen molar-refractivity contribution in [3.8, 4) is 34.1 Å². The number of rotatable bonds is 3. The molecular weight excluding hydrogens is 464 g/mol. The summed E-state index contributed by atoms with van der Waals surface area (Å²) in [4.78, 5) is 0. The summed E-state index contributed by atoms with van der Waals surface area (Å²) in [7, 11) is 0. The smallest absolute Gasteiger partial charge is 0.231 e. The fraction of sp³-hybridized carbons (Fsp3) is 0.200. The van der Waals surface area contributed by atoms with Crippen molar-refractivity contribution in [2.75, 3.05) is 13.6 Å². The van der Waals surface area contributed by atoms with E-state index in [2.05, 4.69) is 56.1 Å². The van der Waals surface area contributed by atoms with Crippen LogP contribution < -0.4 is 18.9 Å². The van der Waals surface area contributed by atoms with Gasteiger partial charge in [-0.1, -0.05) is 37.9 Å². The van der Waals surface area contributed by atoms with Crippen LogP contribution in [0.5, 0.6) is 23.0 Å². The molecule has 4 nitrogen and oxygen atoms in total. The number of hydrogen-bond donors (Lipinski definition) is 0. The van der Waals surface area contributed by atoms with Crippen LogP contribution in [-0.2, 0) is 10.7 Å². The van der Waals surface area contributed by atoms with E-state index in [1.807, 2.05) is 12.1 Å². The van der Waals surface area contributed by atoms with Crippen molar-refractivity contribution in [1.82, 2.24) is 0 Å². The molecule has 0 atom stereocenters. The van der Waals surface area contributed by atoms with Crippen LogP contribution in [-0.4, -0.2) is 13.6 Å². The first-order valence-electron chi connectivity index (χ1n) is 8.18. The van der Waals surface area contributed by atoms with Gasteiger partial charge in [0.1, 0.15) is 0 Å². The lowest BCUT2D eigenvalue weighted by Gasteiger charge is -2.17. The molecule has 0 N–H and O–H groups in total. The van der Waals surface area contributed by atoms with E-state index in [4.69, 9.17) is 18.9 Å². The minimum atomic E-state index is 0.265. The van der Waals surface area contributed by atoms with Crippen LogP contribution in [0.1, 0.15) is 11.1 Å². The number of hydrogen-bond acceptors (Lipinski definition) is 4. The van der Waals surface area contributed by atoms with Crippen molar-refractivity contribution in [1.29, 1.82) is 0 Å². The Kier molecular flexibility index (Phi) is 3.98. The van der Waals surface area contributed by atoms with Crippen LogP contribution in [0.15, 0.2) is 36.4 Å². The van der Waals surface area contributed by atoms with Gasteiger partial charge in [-0.25, -0.2) is 0 Å². The van der Waals surface area contributed by atoms with Gasteiger partial charge in [-0.15, -0.1) is 0 Å². The van der Waals surface area contributed by atoms with E-state index in [9.17, 15) is 0 Å². The zero-order valence-corrected chi connectivity index (χ0v) is 16.9. The Balaban J connectivity index is 1.83. The van der Waals surface area contributed by atoms with E-state index < -0.39 is 0 Å². The molecule has 132 valence electrons. The van der Waals surface area contributed by atoms with Crippen molar-refractivity contribution < 1.29 is 18.9 Å². The largest absolute Gasteiger partial charge is 0.454 e. The lowest BCUT2D eigenvalue weighted by atomic mass is 9.90. The van der Waals surface area contributed by atoms with E-state index in [-0.39, 0.29) is 13.6 Å². The van der Waals surface area contributed by atoms with E-state index in [1.54, 1.807) is 0 Å². The standard InChI is InChI=1S/C20H14Br2O4/c21-7-13-3-12-5-18-19(26-10-25-18)6-14(12)20(15(13)8-22)11-1-2-16-17(4-11)24-9-23-16/h1-6H,7-10H2. The molecule has 2 heterocycles. The van der Waals surface area contributed by atoms with Crippen molar-refractivity contribution >= 4 is 42.6 Å². The molecule has 0 radical (unpaired) electrons. The number of benzene rings is 3.